The number of nitrogens with zero attached hydrogens (tertiary/aromatic N) is 2. The lowest BCUT2D eigenvalue weighted by atomic mass is 10.2. The molecule has 0 amide bonds. The van der Waals surface area contributed by atoms with E-state index in [2.05, 4.69) is 31.1 Å². The van der Waals surface area contributed by atoms with Crippen LogP contribution in [-0.4, -0.2) is 27.4 Å². The molecule has 0 spiro atoms. The first-order valence-corrected chi connectivity index (χ1v) is 5.40. The Morgan fingerprint density at radius 2 is 2.31 bits per heavy atom. The molecule has 0 aliphatic rings. The number of nitrogens with one attached hydrogen (secondary N) is 1. The van der Waals surface area contributed by atoms with Crippen LogP contribution in [0.15, 0.2) is 22.7 Å². The van der Waals surface area contributed by atoms with E-state index in [1.807, 2.05) is 18.2 Å². The van der Waals surface area contributed by atoms with Gasteiger partial charge in [-0.25, -0.2) is 4.98 Å². The number of aliphatic hydroxyl groups excluding tert-OH is 1. The van der Waals surface area contributed by atoms with Crippen molar-refractivity contribution in [2.24, 2.45) is 0 Å². The molecule has 16 heavy (non-hydrogen) atoms. The van der Waals surface area contributed by atoms with E-state index in [4.69, 9.17) is 9.84 Å². The van der Waals surface area contributed by atoms with Crippen LogP contribution in [0.5, 0.6) is 5.75 Å². The van der Waals surface area contributed by atoms with E-state index in [1.165, 1.54) is 0 Å². The maximum absolute atomic E-state index is 8.87. The van der Waals surface area contributed by atoms with E-state index in [0.717, 1.165) is 15.8 Å². The van der Waals surface area contributed by atoms with Crippen molar-refractivity contribution < 1.29 is 9.84 Å². The second-order valence-corrected chi connectivity index (χ2v) is 3.97. The van der Waals surface area contributed by atoms with Crippen LogP contribution in [0.2, 0.25) is 0 Å². The van der Waals surface area contributed by atoms with Crippen LogP contribution in [0.4, 0.5) is 0 Å². The molecule has 1 aromatic carbocycles. The van der Waals surface area contributed by atoms with Gasteiger partial charge < -0.3 is 9.84 Å². The zero-order chi connectivity index (χ0) is 11.5. The molecule has 0 bridgehead atoms. The normalized spacial score (nSPS) is 10.4. The maximum Gasteiger partial charge on any atom is 0.181 e. The number of aliphatic hydroxyl groups is 1. The summed E-state index contributed by atoms with van der Waals surface area (Å²) in [5.74, 6) is 1.75. The summed E-state index contributed by atoms with van der Waals surface area (Å²) in [7, 11) is 1.61. The van der Waals surface area contributed by atoms with Gasteiger partial charge in [-0.3, -0.25) is 5.10 Å². The fourth-order valence-corrected chi connectivity index (χ4v) is 1.84. The van der Waals surface area contributed by atoms with Gasteiger partial charge in [0.1, 0.15) is 12.4 Å². The highest BCUT2D eigenvalue weighted by atomic mass is 79.9. The minimum atomic E-state index is -0.148. The monoisotopic (exact) mass is 283 g/mol. The van der Waals surface area contributed by atoms with Crippen molar-refractivity contribution in [2.75, 3.05) is 7.11 Å². The molecule has 1 aromatic heterocycles. The Hall–Kier alpha value is -1.40. The molecule has 0 atom stereocenters. The molecule has 1 heterocycles. The Morgan fingerprint density at radius 1 is 1.50 bits per heavy atom. The first-order chi connectivity index (χ1) is 7.74. The zero-order valence-electron chi connectivity index (χ0n) is 8.57. The number of aromatic nitrogens is 3. The van der Waals surface area contributed by atoms with E-state index in [-0.39, 0.29) is 6.61 Å². The summed E-state index contributed by atoms with van der Waals surface area (Å²) in [5, 5.41) is 15.5. The first-order valence-electron chi connectivity index (χ1n) is 4.60. The SMILES string of the molecule is COc1ccc(-c2n[nH]c(CO)n2)cc1Br. The molecule has 0 unspecified atom stereocenters. The Morgan fingerprint density at radius 3 is 2.88 bits per heavy atom. The summed E-state index contributed by atoms with van der Waals surface area (Å²) in [4.78, 5) is 4.12. The minimum absolute atomic E-state index is 0.148. The molecule has 0 aliphatic heterocycles. The van der Waals surface area contributed by atoms with Crippen LogP contribution in [0, 0.1) is 0 Å². The molecule has 84 valence electrons. The summed E-state index contributed by atoms with van der Waals surface area (Å²) in [6, 6.07) is 5.55. The van der Waals surface area contributed by atoms with E-state index in [0.29, 0.717) is 11.6 Å². The number of hydrogen-bond acceptors (Lipinski definition) is 4. The molecule has 2 rings (SSSR count). The van der Waals surface area contributed by atoms with Gasteiger partial charge in [0, 0.05) is 5.56 Å². The third kappa shape index (κ3) is 2.07. The lowest BCUT2D eigenvalue weighted by molar-refractivity contribution is 0.272. The summed E-state index contributed by atoms with van der Waals surface area (Å²) in [6.07, 6.45) is 0. The summed E-state index contributed by atoms with van der Waals surface area (Å²) in [5.41, 5.74) is 0.851. The third-order valence-corrected chi connectivity index (χ3v) is 2.71. The number of benzene rings is 1. The van der Waals surface area contributed by atoms with Gasteiger partial charge in [-0.2, -0.15) is 5.10 Å². The first kappa shape index (κ1) is 11.1. The van der Waals surface area contributed by atoms with Crippen molar-refractivity contribution in [2.45, 2.75) is 6.61 Å². The summed E-state index contributed by atoms with van der Waals surface area (Å²) >= 11 is 3.39. The van der Waals surface area contributed by atoms with Gasteiger partial charge in [-0.15, -0.1) is 0 Å². The van der Waals surface area contributed by atoms with Crippen molar-refractivity contribution in [1.82, 2.24) is 15.2 Å². The molecule has 0 saturated heterocycles. The number of hydrogen-bond donors (Lipinski definition) is 2. The van der Waals surface area contributed by atoms with Crippen LogP contribution in [0.1, 0.15) is 5.82 Å². The van der Waals surface area contributed by atoms with Gasteiger partial charge in [-0.05, 0) is 34.1 Å². The fourth-order valence-electron chi connectivity index (χ4n) is 1.30. The van der Waals surface area contributed by atoms with E-state index < -0.39 is 0 Å². The van der Waals surface area contributed by atoms with Crippen LogP contribution in [0.3, 0.4) is 0 Å². The van der Waals surface area contributed by atoms with Crippen LogP contribution >= 0.6 is 15.9 Å². The molecule has 5 nitrogen and oxygen atoms in total. The molecular formula is C10H10BrN3O2. The Balaban J connectivity index is 2.37. The summed E-state index contributed by atoms with van der Waals surface area (Å²) in [6.45, 7) is -0.148. The van der Waals surface area contributed by atoms with E-state index in [9.17, 15) is 0 Å². The van der Waals surface area contributed by atoms with Crippen molar-refractivity contribution in [3.63, 3.8) is 0 Å². The van der Waals surface area contributed by atoms with Crippen molar-refractivity contribution in [3.05, 3.63) is 28.5 Å². The second-order valence-electron chi connectivity index (χ2n) is 3.11. The topological polar surface area (TPSA) is 71.0 Å². The number of H-pyrrole nitrogens is 1. The average molecular weight is 284 g/mol. The summed E-state index contributed by atoms with van der Waals surface area (Å²) < 4.78 is 5.96. The van der Waals surface area contributed by atoms with Gasteiger partial charge in [0.25, 0.3) is 0 Å². The standard InChI is InChI=1S/C10H10BrN3O2/c1-16-8-3-2-6(4-7(8)11)10-12-9(5-15)13-14-10/h2-4,15H,5H2,1H3,(H,12,13,14). The average Bonchev–Trinajstić information content (AvgIpc) is 2.77. The molecule has 0 saturated carbocycles. The Kier molecular flexibility index (Phi) is 3.21. The van der Waals surface area contributed by atoms with Crippen molar-refractivity contribution in [3.8, 4) is 17.1 Å². The number of rotatable bonds is 3. The molecule has 2 aromatic rings. The van der Waals surface area contributed by atoms with Gasteiger partial charge in [-0.1, -0.05) is 0 Å². The second kappa shape index (κ2) is 4.63. The lowest BCUT2D eigenvalue weighted by Gasteiger charge is -2.03. The molecule has 2 N–H and O–H groups in total. The van der Waals surface area contributed by atoms with Crippen molar-refractivity contribution in [1.29, 1.82) is 0 Å². The minimum Gasteiger partial charge on any atom is -0.496 e. The Labute approximate surface area is 101 Å². The molecular weight excluding hydrogens is 274 g/mol. The quantitative estimate of drug-likeness (QED) is 0.900. The highest BCUT2D eigenvalue weighted by Crippen LogP contribution is 2.28. The largest absolute Gasteiger partial charge is 0.496 e. The van der Waals surface area contributed by atoms with Gasteiger partial charge in [0.2, 0.25) is 0 Å². The molecule has 0 fully saturated rings. The van der Waals surface area contributed by atoms with E-state index >= 15 is 0 Å². The fraction of sp³-hybridized carbons (Fsp3) is 0.200. The van der Waals surface area contributed by atoms with Crippen LogP contribution < -0.4 is 4.74 Å². The highest BCUT2D eigenvalue weighted by molar-refractivity contribution is 9.10. The van der Waals surface area contributed by atoms with Gasteiger partial charge >= 0.3 is 0 Å². The van der Waals surface area contributed by atoms with Gasteiger partial charge in [0.05, 0.1) is 11.6 Å². The molecule has 6 heteroatoms. The Bertz CT molecular complexity index is 499. The van der Waals surface area contributed by atoms with E-state index in [1.54, 1.807) is 7.11 Å². The highest BCUT2D eigenvalue weighted by Gasteiger charge is 2.07. The lowest BCUT2D eigenvalue weighted by Crippen LogP contribution is -1.87. The number of methoxy groups -OCH3 is 1. The predicted octanol–water partition coefficient (Wildman–Crippen LogP) is 1.74. The molecule has 0 aliphatic carbocycles. The predicted molar refractivity (Wildman–Crippen MR) is 62.0 cm³/mol. The number of aromatic amines is 1. The third-order valence-electron chi connectivity index (χ3n) is 2.09. The van der Waals surface area contributed by atoms with Gasteiger partial charge in [0.15, 0.2) is 11.6 Å². The van der Waals surface area contributed by atoms with Crippen LogP contribution in [-0.2, 0) is 6.61 Å². The maximum atomic E-state index is 8.87. The van der Waals surface area contributed by atoms with Crippen molar-refractivity contribution >= 4 is 15.9 Å². The molecule has 0 radical (unpaired) electrons. The van der Waals surface area contributed by atoms with Crippen LogP contribution in [0.25, 0.3) is 11.4 Å². The number of halogens is 1. The smallest absolute Gasteiger partial charge is 0.181 e. The number of ether oxygens (including phenoxy) is 1. The zero-order valence-corrected chi connectivity index (χ0v) is 10.2.